The van der Waals surface area contributed by atoms with Crippen LogP contribution in [0.1, 0.15) is 19.8 Å². The van der Waals surface area contributed by atoms with Gasteiger partial charge in [-0.2, -0.15) is 0 Å². The van der Waals surface area contributed by atoms with Gasteiger partial charge in [0.05, 0.1) is 31.9 Å². The standard InChI is InChI=1S/C11H20N2O3/c1-9-8-16-10(7-14)6-13(9)11(15)12-4-2-3-5-12/h9-10,14H,2-8H2,1H3. The maximum Gasteiger partial charge on any atom is 0.320 e. The number of urea groups is 1. The first-order valence-electron chi connectivity index (χ1n) is 6.00. The van der Waals surface area contributed by atoms with Crippen LogP contribution in [-0.4, -0.2) is 65.9 Å². The molecule has 0 aromatic heterocycles. The van der Waals surface area contributed by atoms with Crippen molar-refractivity contribution >= 4 is 6.03 Å². The molecule has 0 aromatic carbocycles. The number of carbonyl (C=O) groups is 1. The van der Waals surface area contributed by atoms with Crippen LogP contribution in [0.5, 0.6) is 0 Å². The van der Waals surface area contributed by atoms with E-state index in [4.69, 9.17) is 9.84 Å². The SMILES string of the molecule is CC1COC(CO)CN1C(=O)N1CCCC1. The first-order valence-corrected chi connectivity index (χ1v) is 6.00. The summed E-state index contributed by atoms with van der Waals surface area (Å²) < 4.78 is 5.42. The normalized spacial score (nSPS) is 30.9. The van der Waals surface area contributed by atoms with Gasteiger partial charge in [0.15, 0.2) is 0 Å². The van der Waals surface area contributed by atoms with E-state index in [2.05, 4.69) is 0 Å². The number of rotatable bonds is 1. The molecule has 5 nitrogen and oxygen atoms in total. The maximum absolute atomic E-state index is 12.2. The van der Waals surface area contributed by atoms with Gasteiger partial charge in [0.2, 0.25) is 0 Å². The van der Waals surface area contributed by atoms with Gasteiger partial charge in [0, 0.05) is 13.1 Å². The van der Waals surface area contributed by atoms with Gasteiger partial charge in [-0.1, -0.05) is 0 Å². The fraction of sp³-hybridized carbons (Fsp3) is 0.909. The molecule has 2 aliphatic rings. The minimum absolute atomic E-state index is 0.0174. The molecule has 0 aliphatic carbocycles. The lowest BCUT2D eigenvalue weighted by atomic mass is 10.2. The quantitative estimate of drug-likeness (QED) is 0.701. The second kappa shape index (κ2) is 5.01. The first-order chi connectivity index (χ1) is 7.72. The van der Waals surface area contributed by atoms with Crippen molar-refractivity contribution in [1.82, 2.24) is 9.80 Å². The number of nitrogens with zero attached hydrogens (tertiary/aromatic N) is 2. The van der Waals surface area contributed by atoms with Crippen molar-refractivity contribution in [2.24, 2.45) is 0 Å². The van der Waals surface area contributed by atoms with Gasteiger partial charge in [0.25, 0.3) is 0 Å². The Morgan fingerprint density at radius 1 is 1.44 bits per heavy atom. The molecule has 1 N–H and O–H groups in total. The van der Waals surface area contributed by atoms with Crippen molar-refractivity contribution in [2.75, 3.05) is 32.8 Å². The van der Waals surface area contributed by atoms with Crippen molar-refractivity contribution < 1.29 is 14.6 Å². The van der Waals surface area contributed by atoms with Crippen molar-refractivity contribution in [2.45, 2.75) is 31.9 Å². The molecule has 0 aromatic rings. The Hall–Kier alpha value is -0.810. The predicted molar refractivity (Wildman–Crippen MR) is 59.2 cm³/mol. The van der Waals surface area contributed by atoms with E-state index >= 15 is 0 Å². The fourth-order valence-corrected chi connectivity index (χ4v) is 2.28. The highest BCUT2D eigenvalue weighted by molar-refractivity contribution is 5.75. The van der Waals surface area contributed by atoms with Crippen LogP contribution < -0.4 is 0 Å². The Morgan fingerprint density at radius 2 is 2.12 bits per heavy atom. The average Bonchev–Trinajstić information content (AvgIpc) is 2.82. The summed E-state index contributed by atoms with van der Waals surface area (Å²) in [6.07, 6.45) is 1.99. The fourth-order valence-electron chi connectivity index (χ4n) is 2.28. The van der Waals surface area contributed by atoms with Crippen LogP contribution in [0.25, 0.3) is 0 Å². The third kappa shape index (κ3) is 2.30. The molecule has 2 rings (SSSR count). The molecule has 2 amide bonds. The van der Waals surface area contributed by atoms with Gasteiger partial charge in [-0.25, -0.2) is 4.79 Å². The van der Waals surface area contributed by atoms with Gasteiger partial charge >= 0.3 is 6.03 Å². The van der Waals surface area contributed by atoms with Crippen molar-refractivity contribution in [1.29, 1.82) is 0 Å². The summed E-state index contributed by atoms with van der Waals surface area (Å²) in [4.78, 5) is 15.9. The molecule has 2 heterocycles. The largest absolute Gasteiger partial charge is 0.394 e. The number of likely N-dealkylation sites (tertiary alicyclic amines) is 1. The number of morpholine rings is 1. The molecule has 16 heavy (non-hydrogen) atoms. The molecule has 92 valence electrons. The summed E-state index contributed by atoms with van der Waals surface area (Å²) in [6.45, 7) is 4.73. The molecule has 2 saturated heterocycles. The number of hydrogen-bond donors (Lipinski definition) is 1. The summed E-state index contributed by atoms with van der Waals surface area (Å²) in [6, 6.07) is 0.211. The number of hydrogen-bond acceptors (Lipinski definition) is 3. The van der Waals surface area contributed by atoms with Crippen LogP contribution >= 0.6 is 0 Å². The number of aliphatic hydroxyl groups is 1. The Balaban J connectivity index is 1.97. The summed E-state index contributed by atoms with van der Waals surface area (Å²) >= 11 is 0. The third-order valence-electron chi connectivity index (χ3n) is 3.33. The van der Waals surface area contributed by atoms with Gasteiger partial charge in [0.1, 0.15) is 0 Å². The molecule has 0 radical (unpaired) electrons. The van der Waals surface area contributed by atoms with E-state index in [9.17, 15) is 4.79 Å². The number of carbonyl (C=O) groups excluding carboxylic acids is 1. The van der Waals surface area contributed by atoms with Crippen molar-refractivity contribution in [3.8, 4) is 0 Å². The summed E-state index contributed by atoms with van der Waals surface area (Å²) in [5.74, 6) is 0. The lowest BCUT2D eigenvalue weighted by molar-refractivity contribution is -0.0660. The molecule has 0 spiro atoms. The molecular weight excluding hydrogens is 208 g/mol. The highest BCUT2D eigenvalue weighted by Crippen LogP contribution is 2.17. The Morgan fingerprint density at radius 3 is 2.75 bits per heavy atom. The van der Waals surface area contributed by atoms with Crippen LogP contribution in [0.2, 0.25) is 0 Å². The second-order valence-electron chi connectivity index (χ2n) is 4.62. The van der Waals surface area contributed by atoms with E-state index < -0.39 is 0 Å². The summed E-state index contributed by atoms with van der Waals surface area (Å²) in [5, 5.41) is 9.07. The lowest BCUT2D eigenvalue weighted by Gasteiger charge is -2.39. The first kappa shape index (κ1) is 11.7. The molecule has 5 heteroatoms. The minimum Gasteiger partial charge on any atom is -0.394 e. The number of aliphatic hydroxyl groups excluding tert-OH is 1. The highest BCUT2D eigenvalue weighted by atomic mass is 16.5. The van der Waals surface area contributed by atoms with Gasteiger partial charge in [-0.05, 0) is 19.8 Å². The Labute approximate surface area is 96.0 Å². The Bertz CT molecular complexity index is 254. The lowest BCUT2D eigenvalue weighted by Crippen LogP contribution is -2.55. The molecule has 2 aliphatic heterocycles. The zero-order valence-corrected chi connectivity index (χ0v) is 9.76. The predicted octanol–water partition coefficient (Wildman–Crippen LogP) is 0.284. The van der Waals surface area contributed by atoms with E-state index in [1.807, 2.05) is 16.7 Å². The third-order valence-corrected chi connectivity index (χ3v) is 3.33. The van der Waals surface area contributed by atoms with Crippen LogP contribution in [0.15, 0.2) is 0 Å². The van der Waals surface area contributed by atoms with Crippen LogP contribution in [0.4, 0.5) is 4.79 Å². The van der Waals surface area contributed by atoms with Crippen molar-refractivity contribution in [3.63, 3.8) is 0 Å². The minimum atomic E-state index is -0.220. The van der Waals surface area contributed by atoms with Crippen LogP contribution in [0, 0.1) is 0 Å². The molecular formula is C11H20N2O3. The smallest absolute Gasteiger partial charge is 0.320 e. The summed E-state index contributed by atoms with van der Waals surface area (Å²) in [5.41, 5.74) is 0. The topological polar surface area (TPSA) is 53.0 Å². The van der Waals surface area contributed by atoms with Gasteiger partial charge in [-0.3, -0.25) is 0 Å². The molecule has 0 saturated carbocycles. The Kier molecular flexibility index (Phi) is 3.66. The van der Waals surface area contributed by atoms with Crippen LogP contribution in [-0.2, 0) is 4.74 Å². The number of amides is 2. The van der Waals surface area contributed by atoms with Crippen LogP contribution in [0.3, 0.4) is 0 Å². The summed E-state index contributed by atoms with van der Waals surface area (Å²) in [7, 11) is 0. The molecule has 2 fully saturated rings. The van der Waals surface area contributed by atoms with E-state index in [1.165, 1.54) is 0 Å². The zero-order valence-electron chi connectivity index (χ0n) is 9.76. The van der Waals surface area contributed by atoms with Gasteiger partial charge in [-0.15, -0.1) is 0 Å². The number of ether oxygens (including phenoxy) is 1. The molecule has 0 bridgehead atoms. The monoisotopic (exact) mass is 228 g/mol. The zero-order chi connectivity index (χ0) is 11.5. The average molecular weight is 228 g/mol. The van der Waals surface area contributed by atoms with E-state index in [-0.39, 0.29) is 24.8 Å². The highest BCUT2D eigenvalue weighted by Gasteiger charge is 2.32. The maximum atomic E-state index is 12.2. The van der Waals surface area contributed by atoms with Gasteiger partial charge < -0.3 is 19.6 Å². The second-order valence-corrected chi connectivity index (χ2v) is 4.62. The van der Waals surface area contributed by atoms with E-state index in [0.29, 0.717) is 13.2 Å². The van der Waals surface area contributed by atoms with E-state index in [1.54, 1.807) is 0 Å². The molecule has 2 unspecified atom stereocenters. The van der Waals surface area contributed by atoms with Crippen molar-refractivity contribution in [3.05, 3.63) is 0 Å². The molecule has 2 atom stereocenters. The van der Waals surface area contributed by atoms with E-state index in [0.717, 1.165) is 25.9 Å².